The van der Waals surface area contributed by atoms with Crippen LogP contribution in [0.5, 0.6) is 0 Å². The van der Waals surface area contributed by atoms with E-state index in [9.17, 15) is 0 Å². The van der Waals surface area contributed by atoms with Crippen molar-refractivity contribution >= 4 is 78.0 Å². The molecule has 0 atom stereocenters. The number of nitrogens with one attached hydrogen (secondary N) is 3. The topological polar surface area (TPSA) is 206 Å². The third-order valence-electron chi connectivity index (χ3n) is 16.1. The summed E-state index contributed by atoms with van der Waals surface area (Å²) in [4.78, 5) is 34.0. The van der Waals surface area contributed by atoms with Crippen LogP contribution in [0.2, 0.25) is 0 Å². The summed E-state index contributed by atoms with van der Waals surface area (Å²) in [6.07, 6.45) is 13.5. The number of nitrogens with two attached hydrogens (primary N) is 2. The number of aromatic nitrogens is 6. The Balaban J connectivity index is 0.000000114. The van der Waals surface area contributed by atoms with E-state index in [1.165, 1.54) is 22.6 Å². The van der Waals surface area contributed by atoms with Crippen LogP contribution >= 0.6 is 0 Å². The number of nitrogens with zero attached hydrogens (tertiary/aromatic N) is 9. The van der Waals surface area contributed by atoms with Crippen LogP contribution in [0.1, 0.15) is 98.3 Å². The van der Waals surface area contributed by atoms with Crippen molar-refractivity contribution in [1.29, 1.82) is 0 Å². The number of pyridine rings is 3. The van der Waals surface area contributed by atoms with E-state index >= 15 is 0 Å². The predicted octanol–water partition coefficient (Wildman–Crippen LogP) is 12.6. The largest absolute Gasteiger partial charge is 0.396 e. The van der Waals surface area contributed by atoms with Crippen LogP contribution < -0.4 is 22.1 Å². The van der Waals surface area contributed by atoms with Gasteiger partial charge in [-0.25, -0.2) is 4.98 Å². The predicted molar refractivity (Wildman–Crippen MR) is 382 cm³/mol. The first-order chi connectivity index (χ1) is 46.3. The minimum atomic E-state index is 0.512. The van der Waals surface area contributed by atoms with Gasteiger partial charge in [-0.2, -0.15) is 5.10 Å². The lowest BCUT2D eigenvalue weighted by molar-refractivity contribution is 0.951. The molecule has 9 heterocycles. The molecule has 0 radical (unpaired) electrons. The molecular weight excluding hydrogens is 1160 g/mol. The van der Waals surface area contributed by atoms with Crippen LogP contribution in [0.4, 0.5) is 11.5 Å². The molecule has 7 N–H and O–H groups in total. The van der Waals surface area contributed by atoms with Crippen molar-refractivity contribution in [3.63, 3.8) is 0 Å². The smallest absolute Gasteiger partial charge is 0.144 e. The van der Waals surface area contributed by atoms with Crippen molar-refractivity contribution in [2.75, 3.05) is 50.7 Å². The number of hydrogen-bond donors (Lipinski definition) is 5. The van der Waals surface area contributed by atoms with Crippen LogP contribution in [0, 0.1) is 54.3 Å². The Hall–Kier alpha value is -12.5. The molecule has 14 heteroatoms. The maximum absolute atomic E-state index is 6.07. The first-order valence-corrected chi connectivity index (χ1v) is 31.4. The van der Waals surface area contributed by atoms with Crippen LogP contribution in [0.25, 0.3) is 43.4 Å². The van der Waals surface area contributed by atoms with Gasteiger partial charge in [-0.3, -0.25) is 29.9 Å². The molecule has 4 aliphatic rings. The van der Waals surface area contributed by atoms with Gasteiger partial charge in [0.2, 0.25) is 0 Å². The Labute approximate surface area is 546 Å². The molecule has 0 unspecified atom stereocenters. The van der Waals surface area contributed by atoms with E-state index in [2.05, 4.69) is 157 Å². The highest BCUT2D eigenvalue weighted by Crippen LogP contribution is 2.24. The van der Waals surface area contributed by atoms with Crippen molar-refractivity contribution < 1.29 is 0 Å². The number of aryl methyl sites for hydroxylation is 1. The van der Waals surface area contributed by atoms with E-state index in [-0.39, 0.29) is 0 Å². The molecule has 16 rings (SSSR count). The average molecular weight is 1220 g/mol. The van der Waals surface area contributed by atoms with Gasteiger partial charge in [0, 0.05) is 121 Å². The fourth-order valence-electron chi connectivity index (χ4n) is 11.2. The van der Waals surface area contributed by atoms with E-state index in [0.717, 1.165) is 176 Å². The molecular formula is C80H64N14. The number of rotatable bonds is 4. The summed E-state index contributed by atoms with van der Waals surface area (Å²) >= 11 is 0. The van der Waals surface area contributed by atoms with E-state index < -0.39 is 0 Å². The summed E-state index contributed by atoms with van der Waals surface area (Å²) in [7, 11) is 0. The highest BCUT2D eigenvalue weighted by molar-refractivity contribution is 6.03. The van der Waals surface area contributed by atoms with Gasteiger partial charge in [-0.15, -0.1) is 5.10 Å². The minimum Gasteiger partial charge on any atom is -0.396 e. The molecule has 94 heavy (non-hydrogen) atoms. The molecule has 14 nitrogen and oxygen atoms in total. The number of amidine groups is 2. The van der Waals surface area contributed by atoms with Gasteiger partial charge >= 0.3 is 0 Å². The third kappa shape index (κ3) is 14.7. The van der Waals surface area contributed by atoms with Crippen molar-refractivity contribution in [3.05, 3.63) is 279 Å². The monoisotopic (exact) mass is 1220 g/mol. The molecule has 0 spiro atoms. The number of fused-ring (bicyclic) bond motifs is 4. The van der Waals surface area contributed by atoms with Gasteiger partial charge in [-0.1, -0.05) is 145 Å². The highest BCUT2D eigenvalue weighted by atomic mass is 15.1. The number of aromatic amines is 1. The number of anilines is 2. The molecule has 0 aliphatic carbocycles. The SMILES string of the molecule is C(#Cc1nncc2ccccc12)c1ccc(C2=NCCC2)cc1.Cc1ncc2[nH]ccc2c1C#Cc1ccc(C2=NCCN2)cc1.Nc1cc2c(C#Cc3ccc(C4=NCCC4)cc3)cccc2cn1.Nc1cnc2ccccc2c1C#Cc1ccc(C2=NCCN2)cc1. The Kier molecular flexibility index (Phi) is 18.6. The first-order valence-electron chi connectivity index (χ1n) is 31.4. The maximum Gasteiger partial charge on any atom is 0.144 e. The molecule has 0 bridgehead atoms. The van der Waals surface area contributed by atoms with Gasteiger partial charge in [0.1, 0.15) is 23.2 Å². The Morgan fingerprint density at radius 2 is 0.979 bits per heavy atom. The van der Waals surface area contributed by atoms with Crippen molar-refractivity contribution in [2.45, 2.75) is 32.6 Å². The normalized spacial score (nSPS) is 13.3. The molecule has 12 aromatic rings. The average Bonchev–Trinajstić information content (AvgIpc) is 1.50. The zero-order chi connectivity index (χ0) is 63.8. The van der Waals surface area contributed by atoms with Gasteiger partial charge in [-0.05, 0) is 122 Å². The van der Waals surface area contributed by atoms with Crippen LogP contribution in [0.3, 0.4) is 0 Å². The molecule has 0 amide bonds. The number of hydrogen-bond acceptors (Lipinski definition) is 13. The van der Waals surface area contributed by atoms with Gasteiger partial charge in [0.15, 0.2) is 0 Å². The quantitative estimate of drug-likeness (QED) is 0.106. The molecule has 0 saturated carbocycles. The highest BCUT2D eigenvalue weighted by Gasteiger charge is 2.13. The second kappa shape index (κ2) is 29.0. The zero-order valence-electron chi connectivity index (χ0n) is 51.9. The zero-order valence-corrected chi connectivity index (χ0v) is 51.9. The summed E-state index contributed by atoms with van der Waals surface area (Å²) in [6, 6.07) is 58.7. The summed E-state index contributed by atoms with van der Waals surface area (Å²) in [5, 5.41) is 21.0. The Morgan fingerprint density at radius 1 is 0.426 bits per heavy atom. The molecule has 0 saturated heterocycles. The number of para-hydroxylation sites is 1. The summed E-state index contributed by atoms with van der Waals surface area (Å²) < 4.78 is 0. The van der Waals surface area contributed by atoms with Crippen molar-refractivity contribution in [2.24, 2.45) is 20.0 Å². The fourth-order valence-corrected chi connectivity index (χ4v) is 11.2. The second-order valence-electron chi connectivity index (χ2n) is 22.5. The molecule has 5 aromatic heterocycles. The van der Waals surface area contributed by atoms with Crippen LogP contribution in [0.15, 0.2) is 227 Å². The Morgan fingerprint density at radius 3 is 1.59 bits per heavy atom. The first kappa shape index (κ1) is 60.4. The number of nitrogen functional groups attached to an aromatic ring is 2. The van der Waals surface area contributed by atoms with Crippen LogP contribution in [-0.4, -0.2) is 92.5 Å². The Bertz CT molecular complexity index is 5170. The van der Waals surface area contributed by atoms with E-state index in [0.29, 0.717) is 17.2 Å². The molecule has 454 valence electrons. The lowest BCUT2D eigenvalue weighted by Crippen LogP contribution is -2.19. The van der Waals surface area contributed by atoms with Gasteiger partial charge in [0.05, 0.1) is 65.2 Å². The second-order valence-corrected chi connectivity index (χ2v) is 22.5. The minimum absolute atomic E-state index is 0.512. The van der Waals surface area contributed by atoms with E-state index in [1.54, 1.807) is 18.6 Å². The molecule has 7 aromatic carbocycles. The number of aliphatic imine (C=N–C) groups is 4. The third-order valence-corrected chi connectivity index (χ3v) is 16.1. The lowest BCUT2D eigenvalue weighted by atomic mass is 10.0. The van der Waals surface area contributed by atoms with Crippen molar-refractivity contribution in [3.8, 4) is 47.4 Å². The van der Waals surface area contributed by atoms with Crippen molar-refractivity contribution in [1.82, 2.24) is 40.8 Å². The molecule has 0 fully saturated rings. The number of H-pyrrole nitrogens is 1. The molecule has 4 aliphatic heterocycles. The summed E-state index contributed by atoms with van der Waals surface area (Å²) in [6.45, 7) is 7.42. The lowest BCUT2D eigenvalue weighted by Gasteiger charge is -2.03. The van der Waals surface area contributed by atoms with E-state index in [4.69, 9.17) is 11.5 Å². The maximum atomic E-state index is 6.07. The summed E-state index contributed by atoms with van der Waals surface area (Å²) in [5.74, 6) is 28.2. The van der Waals surface area contributed by atoms with E-state index in [1.807, 2.05) is 147 Å². The van der Waals surface area contributed by atoms with Gasteiger partial charge < -0.3 is 27.1 Å². The summed E-state index contributed by atoms with van der Waals surface area (Å²) in [5.41, 5.74) is 29.8. The standard InChI is InChI=1S/C21H17N3.C20H16N4.C20H15N3.C19H16N4/c22-21-13-19-16(3-1-4-18(19)14-24-21)9-6-15-7-10-17(11-8-15)20-5-2-12-23-20;21-18-13-24-19-4-2-1-3-17(19)16(18)10-7-14-5-8-15(9-6-14)20-22-11-12-23-20;1-2-5-18-17(4-1)14-22-23-20(18)12-9-15-7-10-16(11-8-15)19-6-3-13-21-19;1-13-16(17-8-9-20-18(17)12-23-13)7-4-14-2-5-15(6-3-14)19-21-10-11-22-19/h1,3-4,7-8,10-11,13-14H,2,5,12H2,(H2,22,24);1-6,8-9,13H,11-12,21H2,(H,22,23);1-2,4-5,7-8,10-11,14H,3,6,13H2;2-3,5-6,8-9,12,20H,10-11H2,1H3,(H,21,22). The number of benzene rings is 7. The van der Waals surface area contributed by atoms with Gasteiger partial charge in [0.25, 0.3) is 0 Å². The van der Waals surface area contributed by atoms with Crippen LogP contribution in [-0.2, 0) is 0 Å². The fraction of sp³-hybridized carbons (Fsp3) is 0.138.